The quantitative estimate of drug-likeness (QED) is 0.700. The van der Waals surface area contributed by atoms with Crippen LogP contribution in [0.5, 0.6) is 0 Å². The molecule has 7 nitrogen and oxygen atoms in total. The number of hydrogen-bond donors (Lipinski definition) is 3. The fourth-order valence-electron chi connectivity index (χ4n) is 5.17. The van der Waals surface area contributed by atoms with Gasteiger partial charge in [0.2, 0.25) is 5.91 Å². The van der Waals surface area contributed by atoms with E-state index in [1.807, 2.05) is 0 Å². The van der Waals surface area contributed by atoms with Crippen molar-refractivity contribution in [3.8, 4) is 0 Å². The van der Waals surface area contributed by atoms with Crippen LogP contribution in [0, 0.1) is 23.2 Å². The lowest BCUT2D eigenvalue weighted by molar-refractivity contribution is -0.147. The van der Waals surface area contributed by atoms with Gasteiger partial charge < -0.3 is 0 Å². The monoisotopic (exact) mass is 316 g/mol. The van der Waals surface area contributed by atoms with Crippen molar-refractivity contribution in [2.45, 2.75) is 38.5 Å². The average Bonchev–Trinajstić information content (AvgIpc) is 2.51. The number of H-pyrrole nitrogens is 1. The standard InChI is InChI=1S/C16H20N4O3/c21-13-2-1-12(17-18-13)14(22)19-20-15(23)16-6-9-3-10(7-16)5-11(4-9)8-16/h1-2,9-11H,3-8H2,(H,18,21)(H,19,22)(H,20,23). The summed E-state index contributed by atoms with van der Waals surface area (Å²) in [6.07, 6.45) is 6.62. The van der Waals surface area contributed by atoms with E-state index in [1.165, 1.54) is 31.4 Å². The van der Waals surface area contributed by atoms with Gasteiger partial charge in [-0.2, -0.15) is 5.10 Å². The van der Waals surface area contributed by atoms with Gasteiger partial charge in [0, 0.05) is 6.07 Å². The van der Waals surface area contributed by atoms with E-state index in [0.29, 0.717) is 17.8 Å². The van der Waals surface area contributed by atoms with Crippen molar-refractivity contribution < 1.29 is 9.59 Å². The lowest BCUT2D eigenvalue weighted by atomic mass is 9.49. The number of carbonyl (C=O) groups is 2. The van der Waals surface area contributed by atoms with Crippen LogP contribution in [0.15, 0.2) is 16.9 Å². The number of nitrogens with zero attached hydrogens (tertiary/aromatic N) is 1. The molecule has 0 aliphatic heterocycles. The van der Waals surface area contributed by atoms with E-state index in [1.54, 1.807) is 0 Å². The van der Waals surface area contributed by atoms with Gasteiger partial charge in [-0.15, -0.1) is 0 Å². The van der Waals surface area contributed by atoms with Crippen LogP contribution in [-0.2, 0) is 4.79 Å². The SMILES string of the molecule is O=C(NNC(=O)C12CC3CC(CC(C3)C1)C2)c1ccc(=O)[nH]n1. The summed E-state index contributed by atoms with van der Waals surface area (Å²) in [6.45, 7) is 0. The Morgan fingerprint density at radius 2 is 1.65 bits per heavy atom. The Labute approximate surface area is 133 Å². The molecule has 0 spiro atoms. The van der Waals surface area contributed by atoms with E-state index < -0.39 is 5.91 Å². The lowest BCUT2D eigenvalue weighted by Crippen LogP contribution is -2.56. The number of nitrogens with one attached hydrogen (secondary N) is 3. The van der Waals surface area contributed by atoms with Gasteiger partial charge in [-0.1, -0.05) is 0 Å². The number of hydrogen-bond acceptors (Lipinski definition) is 4. The molecule has 1 aromatic heterocycles. The van der Waals surface area contributed by atoms with Gasteiger partial charge in [0.25, 0.3) is 11.5 Å². The van der Waals surface area contributed by atoms with Gasteiger partial charge in [0.05, 0.1) is 5.41 Å². The highest BCUT2D eigenvalue weighted by molar-refractivity contribution is 5.94. The van der Waals surface area contributed by atoms with E-state index in [2.05, 4.69) is 21.0 Å². The first-order valence-corrected chi connectivity index (χ1v) is 8.21. The summed E-state index contributed by atoms with van der Waals surface area (Å²) in [6, 6.07) is 2.55. The topological polar surface area (TPSA) is 104 Å². The fourth-order valence-corrected chi connectivity index (χ4v) is 5.17. The highest BCUT2D eigenvalue weighted by Crippen LogP contribution is 2.59. The molecular weight excluding hydrogens is 296 g/mol. The van der Waals surface area contributed by atoms with Gasteiger partial charge in [0.1, 0.15) is 0 Å². The maximum atomic E-state index is 12.7. The Kier molecular flexibility index (Phi) is 3.25. The summed E-state index contributed by atoms with van der Waals surface area (Å²) in [5.41, 5.74) is 4.39. The molecule has 3 N–H and O–H groups in total. The van der Waals surface area contributed by atoms with E-state index in [4.69, 9.17) is 0 Å². The Bertz CT molecular complexity index is 656. The smallest absolute Gasteiger partial charge is 0.273 e. The number of carbonyl (C=O) groups excluding carboxylic acids is 2. The number of rotatable bonds is 2. The summed E-state index contributed by atoms with van der Waals surface area (Å²) in [7, 11) is 0. The summed E-state index contributed by atoms with van der Waals surface area (Å²) in [4.78, 5) is 35.6. The Balaban J connectivity index is 1.41. The van der Waals surface area contributed by atoms with Crippen LogP contribution in [0.4, 0.5) is 0 Å². The minimum Gasteiger partial charge on any atom is -0.273 e. The molecule has 122 valence electrons. The molecule has 0 radical (unpaired) electrons. The second-order valence-corrected chi connectivity index (χ2v) is 7.41. The molecule has 7 heteroatoms. The molecule has 5 rings (SSSR count). The van der Waals surface area contributed by atoms with Crippen molar-refractivity contribution >= 4 is 11.8 Å². The molecule has 23 heavy (non-hydrogen) atoms. The third-order valence-corrected chi connectivity index (χ3v) is 5.72. The number of hydrazine groups is 1. The molecular formula is C16H20N4O3. The zero-order valence-corrected chi connectivity index (χ0v) is 12.8. The van der Waals surface area contributed by atoms with Crippen molar-refractivity contribution in [2.75, 3.05) is 0 Å². The first kappa shape index (κ1) is 14.4. The zero-order valence-electron chi connectivity index (χ0n) is 12.8. The van der Waals surface area contributed by atoms with Crippen molar-refractivity contribution in [2.24, 2.45) is 23.2 Å². The van der Waals surface area contributed by atoms with Gasteiger partial charge >= 0.3 is 0 Å². The average molecular weight is 316 g/mol. The van der Waals surface area contributed by atoms with E-state index in [-0.39, 0.29) is 22.6 Å². The Morgan fingerprint density at radius 1 is 1.04 bits per heavy atom. The van der Waals surface area contributed by atoms with Crippen LogP contribution in [0.25, 0.3) is 0 Å². The van der Waals surface area contributed by atoms with Crippen LogP contribution >= 0.6 is 0 Å². The highest BCUT2D eigenvalue weighted by atomic mass is 16.2. The van der Waals surface area contributed by atoms with E-state index in [0.717, 1.165) is 19.3 Å². The second kappa shape index (κ2) is 5.18. The Morgan fingerprint density at radius 3 is 2.17 bits per heavy atom. The maximum absolute atomic E-state index is 12.7. The predicted molar refractivity (Wildman–Crippen MR) is 81.1 cm³/mol. The first-order chi connectivity index (χ1) is 11.0. The van der Waals surface area contributed by atoms with E-state index in [9.17, 15) is 14.4 Å². The highest BCUT2D eigenvalue weighted by Gasteiger charge is 2.54. The Hall–Kier alpha value is -2.18. The summed E-state index contributed by atoms with van der Waals surface area (Å²) < 4.78 is 0. The lowest BCUT2D eigenvalue weighted by Gasteiger charge is -2.55. The summed E-state index contributed by atoms with van der Waals surface area (Å²) in [5, 5.41) is 5.85. The number of aromatic amines is 1. The van der Waals surface area contributed by atoms with Crippen molar-refractivity contribution in [1.29, 1.82) is 0 Å². The number of aromatic nitrogens is 2. The molecule has 4 aliphatic carbocycles. The molecule has 1 heterocycles. The molecule has 4 aliphatic rings. The molecule has 2 amide bonds. The van der Waals surface area contributed by atoms with Gasteiger partial charge in [0.15, 0.2) is 5.69 Å². The first-order valence-electron chi connectivity index (χ1n) is 8.21. The summed E-state index contributed by atoms with van der Waals surface area (Å²) in [5.74, 6) is 1.41. The van der Waals surface area contributed by atoms with E-state index >= 15 is 0 Å². The minimum absolute atomic E-state index is 0.0652. The van der Waals surface area contributed by atoms with Crippen LogP contribution in [-0.4, -0.2) is 22.0 Å². The van der Waals surface area contributed by atoms with Gasteiger partial charge in [-0.3, -0.25) is 25.2 Å². The maximum Gasteiger partial charge on any atom is 0.290 e. The van der Waals surface area contributed by atoms with Crippen LogP contribution in [0.3, 0.4) is 0 Å². The second-order valence-electron chi connectivity index (χ2n) is 7.41. The molecule has 4 bridgehead atoms. The van der Waals surface area contributed by atoms with Crippen molar-refractivity contribution in [3.63, 3.8) is 0 Å². The molecule has 1 aromatic rings. The molecule has 0 saturated heterocycles. The molecule has 0 atom stereocenters. The largest absolute Gasteiger partial charge is 0.290 e. The molecule has 0 unspecified atom stereocenters. The molecule has 0 aromatic carbocycles. The normalized spacial score (nSPS) is 34.2. The van der Waals surface area contributed by atoms with Crippen LogP contribution in [0.2, 0.25) is 0 Å². The third kappa shape index (κ3) is 2.54. The van der Waals surface area contributed by atoms with Crippen LogP contribution in [0.1, 0.15) is 49.0 Å². The number of amides is 2. The van der Waals surface area contributed by atoms with Crippen LogP contribution < -0.4 is 16.4 Å². The third-order valence-electron chi connectivity index (χ3n) is 5.72. The minimum atomic E-state index is -0.528. The zero-order chi connectivity index (χ0) is 16.0. The molecule has 4 fully saturated rings. The molecule has 4 saturated carbocycles. The fraction of sp³-hybridized carbons (Fsp3) is 0.625. The van der Waals surface area contributed by atoms with Gasteiger partial charge in [-0.05, 0) is 62.3 Å². The summed E-state index contributed by atoms with van der Waals surface area (Å²) >= 11 is 0. The van der Waals surface area contributed by atoms with Crippen molar-refractivity contribution in [1.82, 2.24) is 21.0 Å². The predicted octanol–water partition coefficient (Wildman–Crippen LogP) is 0.747. The van der Waals surface area contributed by atoms with Gasteiger partial charge in [-0.25, -0.2) is 5.10 Å². The van der Waals surface area contributed by atoms with Crippen molar-refractivity contribution in [3.05, 3.63) is 28.2 Å².